The third-order valence-corrected chi connectivity index (χ3v) is 3.49. The maximum Gasteiger partial charge on any atom is 0.251 e. The van der Waals surface area contributed by atoms with E-state index in [0.29, 0.717) is 18.7 Å². The Morgan fingerprint density at radius 1 is 1.43 bits per heavy atom. The molecular weight excluding hydrogens is 266 g/mol. The van der Waals surface area contributed by atoms with Gasteiger partial charge in [0.25, 0.3) is 5.91 Å². The normalized spacial score (nSPS) is 14.0. The summed E-state index contributed by atoms with van der Waals surface area (Å²) in [7, 11) is 1.81. The zero-order valence-electron chi connectivity index (χ0n) is 12.9. The Balaban J connectivity index is 1.82. The summed E-state index contributed by atoms with van der Waals surface area (Å²) in [6, 6.07) is 3.64. The lowest BCUT2D eigenvalue weighted by Gasteiger charge is -2.09. The van der Waals surface area contributed by atoms with Gasteiger partial charge in [0.15, 0.2) is 0 Å². The predicted molar refractivity (Wildman–Crippen MR) is 83.7 cm³/mol. The molecule has 0 spiro atoms. The van der Waals surface area contributed by atoms with Gasteiger partial charge in [0.2, 0.25) is 0 Å². The van der Waals surface area contributed by atoms with Crippen molar-refractivity contribution in [3.8, 4) is 0 Å². The number of hydrogen-bond donors (Lipinski definition) is 2. The molecule has 1 amide bonds. The van der Waals surface area contributed by atoms with E-state index in [1.54, 1.807) is 6.07 Å². The van der Waals surface area contributed by atoms with Crippen LogP contribution < -0.4 is 10.6 Å². The van der Waals surface area contributed by atoms with Crippen molar-refractivity contribution in [2.75, 3.05) is 32.1 Å². The highest BCUT2D eigenvalue weighted by molar-refractivity contribution is 5.95. The van der Waals surface area contributed by atoms with E-state index in [2.05, 4.69) is 22.5 Å². The van der Waals surface area contributed by atoms with E-state index in [1.165, 1.54) is 12.8 Å². The number of rotatable bonds is 9. The van der Waals surface area contributed by atoms with Crippen molar-refractivity contribution in [2.24, 2.45) is 5.92 Å². The number of anilines is 1. The highest BCUT2D eigenvalue weighted by Gasteiger charge is 2.20. The lowest BCUT2D eigenvalue weighted by atomic mass is 10.1. The van der Waals surface area contributed by atoms with Crippen LogP contribution in [-0.4, -0.2) is 37.7 Å². The number of amides is 1. The van der Waals surface area contributed by atoms with Crippen molar-refractivity contribution in [2.45, 2.75) is 32.6 Å². The minimum atomic E-state index is -0.0683. The largest absolute Gasteiger partial charge is 0.379 e. The third kappa shape index (κ3) is 5.34. The molecule has 1 aliphatic rings. The first kappa shape index (κ1) is 15.8. The Morgan fingerprint density at radius 2 is 2.24 bits per heavy atom. The summed E-state index contributed by atoms with van der Waals surface area (Å²) in [5.74, 6) is 1.42. The first-order valence-electron chi connectivity index (χ1n) is 7.77. The molecule has 21 heavy (non-hydrogen) atoms. The molecule has 0 unspecified atom stereocenters. The van der Waals surface area contributed by atoms with Crippen LogP contribution in [0.4, 0.5) is 5.82 Å². The number of carbonyl (C=O) groups is 1. The Morgan fingerprint density at radius 3 is 2.90 bits per heavy atom. The van der Waals surface area contributed by atoms with Gasteiger partial charge >= 0.3 is 0 Å². The lowest BCUT2D eigenvalue weighted by Crippen LogP contribution is -2.27. The van der Waals surface area contributed by atoms with E-state index in [9.17, 15) is 4.79 Å². The summed E-state index contributed by atoms with van der Waals surface area (Å²) in [4.78, 5) is 16.6. The van der Waals surface area contributed by atoms with Gasteiger partial charge in [-0.25, -0.2) is 4.98 Å². The van der Waals surface area contributed by atoms with Crippen LogP contribution in [-0.2, 0) is 11.2 Å². The molecule has 0 saturated heterocycles. The first-order chi connectivity index (χ1) is 10.2. The number of ether oxygens (including phenoxy) is 1. The van der Waals surface area contributed by atoms with Gasteiger partial charge in [0.05, 0.1) is 6.61 Å². The molecule has 1 heterocycles. The van der Waals surface area contributed by atoms with E-state index in [0.717, 1.165) is 36.9 Å². The Hall–Kier alpha value is -1.62. The average Bonchev–Trinajstić information content (AvgIpc) is 3.31. The lowest BCUT2D eigenvalue weighted by molar-refractivity contribution is 0.0906. The SMILES string of the molecule is CCCc1cc(C(=O)NCCOCC2CC2)cc(NC)n1. The van der Waals surface area contributed by atoms with Crippen molar-refractivity contribution in [1.82, 2.24) is 10.3 Å². The monoisotopic (exact) mass is 291 g/mol. The van der Waals surface area contributed by atoms with Crippen molar-refractivity contribution in [1.29, 1.82) is 0 Å². The average molecular weight is 291 g/mol. The van der Waals surface area contributed by atoms with Gasteiger partial charge in [0, 0.05) is 31.5 Å². The van der Waals surface area contributed by atoms with Crippen LogP contribution in [0.25, 0.3) is 0 Å². The molecule has 5 nitrogen and oxygen atoms in total. The number of aryl methyl sites for hydroxylation is 1. The summed E-state index contributed by atoms with van der Waals surface area (Å²) >= 11 is 0. The molecule has 0 aromatic carbocycles. The quantitative estimate of drug-likeness (QED) is 0.685. The maximum atomic E-state index is 12.2. The standard InChI is InChI=1S/C16H25N3O2/c1-3-4-14-9-13(10-15(17-2)19-14)16(20)18-7-8-21-11-12-5-6-12/h9-10,12H,3-8,11H2,1-2H3,(H,17,19)(H,18,20). The van der Waals surface area contributed by atoms with Crippen LogP contribution in [0.2, 0.25) is 0 Å². The fraction of sp³-hybridized carbons (Fsp3) is 0.625. The second-order valence-corrected chi connectivity index (χ2v) is 5.51. The highest BCUT2D eigenvalue weighted by atomic mass is 16.5. The summed E-state index contributed by atoms with van der Waals surface area (Å²) in [6.07, 6.45) is 4.46. The van der Waals surface area contributed by atoms with Crippen LogP contribution in [0.5, 0.6) is 0 Å². The third-order valence-electron chi connectivity index (χ3n) is 3.49. The second kappa shape index (κ2) is 7.98. The van der Waals surface area contributed by atoms with E-state index < -0.39 is 0 Å². The number of pyridine rings is 1. The zero-order chi connectivity index (χ0) is 15.1. The van der Waals surface area contributed by atoms with E-state index in [1.807, 2.05) is 13.1 Å². The predicted octanol–water partition coefficient (Wildman–Crippen LogP) is 2.23. The molecule has 0 atom stereocenters. The van der Waals surface area contributed by atoms with Crippen molar-refractivity contribution in [3.05, 3.63) is 23.4 Å². The van der Waals surface area contributed by atoms with E-state index in [-0.39, 0.29) is 5.91 Å². The maximum absolute atomic E-state index is 12.2. The first-order valence-corrected chi connectivity index (χ1v) is 7.77. The molecule has 0 bridgehead atoms. The summed E-state index contributed by atoms with van der Waals surface area (Å²) in [5.41, 5.74) is 1.60. The van der Waals surface area contributed by atoms with Gasteiger partial charge in [-0.15, -0.1) is 0 Å². The molecule has 2 rings (SSSR count). The number of nitrogens with one attached hydrogen (secondary N) is 2. The Kier molecular flexibility index (Phi) is 5.99. The number of carbonyl (C=O) groups excluding carboxylic acids is 1. The molecule has 1 aromatic heterocycles. The summed E-state index contributed by atoms with van der Waals surface area (Å²) < 4.78 is 5.51. The smallest absolute Gasteiger partial charge is 0.251 e. The summed E-state index contributed by atoms with van der Waals surface area (Å²) in [6.45, 7) is 4.06. The Bertz CT molecular complexity index is 473. The van der Waals surface area contributed by atoms with E-state index in [4.69, 9.17) is 4.74 Å². The van der Waals surface area contributed by atoms with Gasteiger partial charge < -0.3 is 15.4 Å². The fourth-order valence-electron chi connectivity index (χ4n) is 2.10. The van der Waals surface area contributed by atoms with Crippen LogP contribution >= 0.6 is 0 Å². The van der Waals surface area contributed by atoms with Crippen LogP contribution in [0, 0.1) is 5.92 Å². The minimum absolute atomic E-state index is 0.0683. The van der Waals surface area contributed by atoms with E-state index >= 15 is 0 Å². The molecular formula is C16H25N3O2. The number of nitrogens with zero attached hydrogens (tertiary/aromatic N) is 1. The minimum Gasteiger partial charge on any atom is -0.379 e. The second-order valence-electron chi connectivity index (χ2n) is 5.51. The molecule has 0 aliphatic heterocycles. The fourth-order valence-corrected chi connectivity index (χ4v) is 2.10. The molecule has 0 radical (unpaired) electrons. The van der Waals surface area contributed by atoms with Crippen LogP contribution in [0.15, 0.2) is 12.1 Å². The van der Waals surface area contributed by atoms with Gasteiger partial charge in [-0.05, 0) is 37.3 Å². The Labute approximate surface area is 126 Å². The molecule has 1 aliphatic carbocycles. The number of hydrogen-bond acceptors (Lipinski definition) is 4. The van der Waals surface area contributed by atoms with Crippen molar-refractivity contribution < 1.29 is 9.53 Å². The van der Waals surface area contributed by atoms with Gasteiger partial charge in [-0.3, -0.25) is 4.79 Å². The highest BCUT2D eigenvalue weighted by Crippen LogP contribution is 2.28. The van der Waals surface area contributed by atoms with Gasteiger partial charge in [-0.2, -0.15) is 0 Å². The van der Waals surface area contributed by atoms with Crippen LogP contribution in [0.3, 0.4) is 0 Å². The van der Waals surface area contributed by atoms with Crippen molar-refractivity contribution >= 4 is 11.7 Å². The molecule has 116 valence electrons. The topological polar surface area (TPSA) is 63.2 Å². The molecule has 5 heteroatoms. The van der Waals surface area contributed by atoms with Gasteiger partial charge in [0.1, 0.15) is 5.82 Å². The molecule has 1 fully saturated rings. The molecule has 1 saturated carbocycles. The van der Waals surface area contributed by atoms with Gasteiger partial charge in [-0.1, -0.05) is 13.3 Å². The molecule has 1 aromatic rings. The summed E-state index contributed by atoms with van der Waals surface area (Å²) in [5, 5.41) is 5.90. The zero-order valence-corrected chi connectivity index (χ0v) is 12.9. The van der Waals surface area contributed by atoms with Crippen molar-refractivity contribution in [3.63, 3.8) is 0 Å². The molecule has 2 N–H and O–H groups in total. The van der Waals surface area contributed by atoms with Crippen LogP contribution in [0.1, 0.15) is 42.2 Å². The number of aromatic nitrogens is 1.